The Hall–Kier alpha value is -4.11. The van der Waals surface area contributed by atoms with Gasteiger partial charge >= 0.3 is 5.97 Å². The van der Waals surface area contributed by atoms with Crippen molar-refractivity contribution in [3.8, 4) is 23.3 Å². The first kappa shape index (κ1) is 39.1. The van der Waals surface area contributed by atoms with Gasteiger partial charge in [0.2, 0.25) is 0 Å². The van der Waals surface area contributed by atoms with Gasteiger partial charge in [0.05, 0.1) is 38.0 Å². The Labute approximate surface area is 287 Å². The number of fused-ring (bicyclic) bond motifs is 1. The summed E-state index contributed by atoms with van der Waals surface area (Å²) in [5.41, 5.74) is 3.31. The quantitative estimate of drug-likeness (QED) is 0.158. The highest BCUT2D eigenvalue weighted by molar-refractivity contribution is 8.93. The van der Waals surface area contributed by atoms with Crippen molar-refractivity contribution in [3.05, 3.63) is 52.1 Å². The smallest absolute Gasteiger partial charge is 0.303 e. The van der Waals surface area contributed by atoms with Crippen LogP contribution in [0.5, 0.6) is 17.2 Å². The molecule has 0 aromatic heterocycles. The number of carbonyl (C=O) groups excluding carboxylic acids is 2. The van der Waals surface area contributed by atoms with Crippen LogP contribution in [0.15, 0.2) is 24.3 Å². The Morgan fingerprint density at radius 1 is 1.02 bits per heavy atom. The molecule has 1 amide bonds. The lowest BCUT2D eigenvalue weighted by molar-refractivity contribution is -0.137. The lowest BCUT2D eigenvalue weighted by atomic mass is 9.84. The first-order valence-corrected chi connectivity index (χ1v) is 15.8. The van der Waals surface area contributed by atoms with Crippen LogP contribution >= 0.6 is 17.0 Å². The van der Waals surface area contributed by atoms with E-state index in [1.807, 2.05) is 19.1 Å². The van der Waals surface area contributed by atoms with Gasteiger partial charge in [-0.25, -0.2) is 0 Å². The molecule has 3 rings (SSSR count). The molecule has 0 spiro atoms. The molecule has 0 aliphatic carbocycles. The van der Waals surface area contributed by atoms with Crippen molar-refractivity contribution >= 4 is 40.5 Å². The number of ether oxygens (including phenoxy) is 3. The molecular weight excluding hydrogens is 668 g/mol. The number of unbranched alkanes of at least 4 members (excludes halogenated alkanes) is 2. The highest BCUT2D eigenvalue weighted by atomic mass is 79.9. The van der Waals surface area contributed by atoms with Gasteiger partial charge in [-0.2, -0.15) is 5.26 Å². The van der Waals surface area contributed by atoms with Gasteiger partial charge < -0.3 is 29.5 Å². The Morgan fingerprint density at radius 2 is 1.74 bits per heavy atom. The third-order valence-corrected chi connectivity index (χ3v) is 7.61. The first-order valence-electron chi connectivity index (χ1n) is 15.8. The van der Waals surface area contributed by atoms with Gasteiger partial charge in [0, 0.05) is 44.0 Å². The fourth-order valence-electron chi connectivity index (χ4n) is 5.23. The van der Waals surface area contributed by atoms with E-state index in [2.05, 4.69) is 32.2 Å². The molecule has 0 bridgehead atoms. The van der Waals surface area contributed by atoms with Gasteiger partial charge in [-0.3, -0.25) is 19.8 Å². The second-order valence-corrected chi connectivity index (χ2v) is 12.3. The maximum atomic E-state index is 13.2. The molecule has 256 valence electrons. The van der Waals surface area contributed by atoms with Crippen LogP contribution in [0.1, 0.15) is 98.8 Å². The molecule has 12 heteroatoms. The van der Waals surface area contributed by atoms with Crippen molar-refractivity contribution in [1.82, 2.24) is 10.2 Å². The summed E-state index contributed by atoms with van der Waals surface area (Å²) in [4.78, 5) is 38.3. The van der Waals surface area contributed by atoms with E-state index >= 15 is 0 Å². The number of aliphatic carboxylic acids is 1. The van der Waals surface area contributed by atoms with Crippen LogP contribution in [-0.2, 0) is 28.0 Å². The number of ketones is 1. The van der Waals surface area contributed by atoms with E-state index in [1.165, 1.54) is 0 Å². The number of nitrogens with zero attached hydrogens (tertiary/aromatic N) is 2. The minimum atomic E-state index is -0.840. The summed E-state index contributed by atoms with van der Waals surface area (Å²) < 4.78 is 18.0. The number of aryl methyl sites for hydroxylation is 1. The topological polar surface area (TPSA) is 162 Å². The molecule has 1 aliphatic heterocycles. The molecule has 47 heavy (non-hydrogen) atoms. The number of carbonyl (C=O) groups is 3. The normalized spacial score (nSPS) is 12.1. The largest absolute Gasteiger partial charge is 0.493 e. The summed E-state index contributed by atoms with van der Waals surface area (Å²) in [5.74, 6) is 0.625. The number of hydrogen-bond acceptors (Lipinski definition) is 8. The number of carboxylic acids is 1. The van der Waals surface area contributed by atoms with E-state index in [9.17, 15) is 14.4 Å². The van der Waals surface area contributed by atoms with E-state index in [0.717, 1.165) is 16.7 Å². The number of hydrogen-bond donors (Lipinski definition) is 3. The molecule has 0 saturated carbocycles. The number of carboxylic acid groups (broad SMARTS) is 1. The van der Waals surface area contributed by atoms with E-state index in [0.29, 0.717) is 86.8 Å². The third-order valence-electron chi connectivity index (χ3n) is 7.61. The predicted molar refractivity (Wildman–Crippen MR) is 184 cm³/mol. The molecule has 0 fully saturated rings. The van der Waals surface area contributed by atoms with E-state index in [4.69, 9.17) is 30.0 Å². The predicted octanol–water partition coefficient (Wildman–Crippen LogP) is 5.98. The molecule has 3 N–H and O–H groups in total. The molecule has 0 saturated heterocycles. The second-order valence-electron chi connectivity index (χ2n) is 12.3. The van der Waals surface area contributed by atoms with Crippen molar-refractivity contribution in [2.75, 3.05) is 33.4 Å². The Kier molecular flexibility index (Phi) is 15.2. The Morgan fingerprint density at radius 3 is 2.38 bits per heavy atom. The van der Waals surface area contributed by atoms with Crippen molar-refractivity contribution in [2.24, 2.45) is 0 Å². The summed E-state index contributed by atoms with van der Waals surface area (Å²) in [7, 11) is 1.54. The maximum Gasteiger partial charge on any atom is 0.303 e. The minimum Gasteiger partial charge on any atom is -0.493 e. The standard InChI is InChI=1S/C35H46N4O7.BrH/c1-6-44-29-19-24-21-39(33(37)26(24)20-27(29)34(43)38-5)22-25(40)13-12-23-17-28(35(2,3)4)32(46-16-9-7-11-31(41)42)30(18-23)45-15-10-8-14-36;/h17-20,37H,6-13,15-16,21-22H2,1-5H3,(H,38,43)(H,41,42);1H. The number of Topliss-reactive ketones (excluding diaryl/α,β-unsaturated/α-hetero) is 1. The molecule has 2 aromatic rings. The lowest BCUT2D eigenvalue weighted by Gasteiger charge is -2.26. The van der Waals surface area contributed by atoms with Crippen LogP contribution in [0.4, 0.5) is 0 Å². The second kappa shape index (κ2) is 18.3. The Bertz CT molecular complexity index is 1480. The van der Waals surface area contributed by atoms with E-state index in [-0.39, 0.29) is 59.3 Å². The third kappa shape index (κ3) is 11.0. The van der Waals surface area contributed by atoms with Gasteiger partial charge in [0.15, 0.2) is 17.3 Å². The molecule has 0 atom stereocenters. The average Bonchev–Trinajstić information content (AvgIpc) is 3.30. The van der Waals surface area contributed by atoms with Crippen LogP contribution < -0.4 is 19.5 Å². The molecule has 2 aromatic carbocycles. The average molecular weight is 716 g/mol. The fourth-order valence-corrected chi connectivity index (χ4v) is 5.23. The molecule has 1 aliphatic rings. The number of rotatable bonds is 18. The van der Waals surface area contributed by atoms with Crippen molar-refractivity contribution < 1.29 is 33.7 Å². The highest BCUT2D eigenvalue weighted by Gasteiger charge is 2.29. The zero-order chi connectivity index (χ0) is 33.9. The van der Waals surface area contributed by atoms with E-state index < -0.39 is 5.97 Å². The number of amidine groups is 1. The van der Waals surface area contributed by atoms with E-state index in [1.54, 1.807) is 24.1 Å². The van der Waals surface area contributed by atoms with Gasteiger partial charge in [-0.15, -0.1) is 17.0 Å². The molecule has 11 nitrogen and oxygen atoms in total. The van der Waals surface area contributed by atoms with Crippen LogP contribution in [0.2, 0.25) is 0 Å². The minimum absolute atomic E-state index is 0. The van der Waals surface area contributed by atoms with Gasteiger partial charge in [0.25, 0.3) is 5.91 Å². The summed E-state index contributed by atoms with van der Waals surface area (Å²) >= 11 is 0. The van der Waals surface area contributed by atoms with Crippen molar-refractivity contribution in [2.45, 2.75) is 84.6 Å². The number of benzene rings is 2. The summed E-state index contributed by atoms with van der Waals surface area (Å²) in [6.07, 6.45) is 2.79. The highest BCUT2D eigenvalue weighted by Crippen LogP contribution is 2.40. The first-order chi connectivity index (χ1) is 21.9. The number of nitriles is 1. The number of nitrogens with one attached hydrogen (secondary N) is 2. The van der Waals surface area contributed by atoms with Gasteiger partial charge in [-0.05, 0) is 67.3 Å². The number of amides is 1. The zero-order valence-electron chi connectivity index (χ0n) is 28.0. The summed E-state index contributed by atoms with van der Waals surface area (Å²) in [6.45, 7) is 9.55. The SMILES string of the molecule is Br.CCOc1cc2c(cc1C(=O)NC)C(=N)N(CC(=O)CCc1cc(OCCCC#N)c(OCCCCC(=O)O)c(C(C)(C)C)c1)C2. The zero-order valence-corrected chi connectivity index (χ0v) is 29.7. The van der Waals surface area contributed by atoms with Crippen LogP contribution in [-0.4, -0.2) is 66.9 Å². The molecule has 0 radical (unpaired) electrons. The summed E-state index contributed by atoms with van der Waals surface area (Å²) in [6, 6.07) is 9.48. The monoisotopic (exact) mass is 714 g/mol. The molecule has 1 heterocycles. The maximum absolute atomic E-state index is 13.2. The van der Waals surface area contributed by atoms with Gasteiger partial charge in [-0.1, -0.05) is 26.8 Å². The lowest BCUT2D eigenvalue weighted by Crippen LogP contribution is -2.30. The summed E-state index contributed by atoms with van der Waals surface area (Å²) in [5, 5.41) is 29.2. The van der Waals surface area contributed by atoms with Crippen molar-refractivity contribution in [3.63, 3.8) is 0 Å². The molecular formula is C35H47BrN4O7. The van der Waals surface area contributed by atoms with Crippen LogP contribution in [0.25, 0.3) is 0 Å². The van der Waals surface area contributed by atoms with Crippen molar-refractivity contribution in [1.29, 1.82) is 10.7 Å². The van der Waals surface area contributed by atoms with Crippen LogP contribution in [0.3, 0.4) is 0 Å². The number of halogens is 1. The van der Waals surface area contributed by atoms with Gasteiger partial charge in [0.1, 0.15) is 11.6 Å². The fraction of sp³-hybridized carbons (Fsp3) is 0.514. The Balaban J connectivity index is 0.00000768. The molecule has 0 unspecified atom stereocenters. The van der Waals surface area contributed by atoms with Crippen LogP contribution in [0, 0.1) is 16.7 Å².